The van der Waals surface area contributed by atoms with Crippen LogP contribution in [0.4, 0.5) is 0 Å². The Bertz CT molecular complexity index is 558. The van der Waals surface area contributed by atoms with Crippen molar-refractivity contribution in [1.29, 1.82) is 0 Å². The quantitative estimate of drug-likeness (QED) is 0.876. The summed E-state index contributed by atoms with van der Waals surface area (Å²) in [5.74, 6) is 0.732. The van der Waals surface area contributed by atoms with Crippen LogP contribution in [0.5, 0.6) is 0 Å². The summed E-state index contributed by atoms with van der Waals surface area (Å²) in [7, 11) is 0. The fourth-order valence-electron chi connectivity index (χ4n) is 1.63. The number of aromatic nitrogens is 3. The van der Waals surface area contributed by atoms with Gasteiger partial charge >= 0.3 is 0 Å². The number of hydrogen-bond acceptors (Lipinski definition) is 3. The summed E-state index contributed by atoms with van der Waals surface area (Å²) in [5.41, 5.74) is 2.40. The van der Waals surface area contributed by atoms with Crippen LogP contribution in [-0.2, 0) is 6.42 Å². The number of pyridine rings is 1. The molecule has 0 fully saturated rings. The van der Waals surface area contributed by atoms with E-state index < -0.39 is 0 Å². The van der Waals surface area contributed by atoms with Crippen LogP contribution < -0.4 is 5.56 Å². The molecule has 0 aliphatic rings. The molecule has 0 saturated carbocycles. The Morgan fingerprint density at radius 3 is 2.82 bits per heavy atom. The first-order valence-corrected chi connectivity index (χ1v) is 5.72. The van der Waals surface area contributed by atoms with E-state index >= 15 is 0 Å². The fourth-order valence-corrected chi connectivity index (χ4v) is 1.63. The van der Waals surface area contributed by atoms with Gasteiger partial charge in [-0.25, -0.2) is 4.98 Å². The second-order valence-corrected chi connectivity index (χ2v) is 4.02. The third-order valence-corrected chi connectivity index (χ3v) is 2.48. The largest absolute Gasteiger partial charge is 0.311 e. The molecule has 0 unspecified atom stereocenters. The molecule has 2 rings (SSSR count). The average Bonchev–Trinajstić information content (AvgIpc) is 2.29. The molecule has 0 atom stereocenters. The van der Waals surface area contributed by atoms with Crippen molar-refractivity contribution in [3.8, 4) is 11.3 Å². The molecule has 0 spiro atoms. The zero-order valence-electron chi connectivity index (χ0n) is 10.0. The van der Waals surface area contributed by atoms with Gasteiger partial charge in [0.15, 0.2) is 0 Å². The highest BCUT2D eigenvalue weighted by atomic mass is 16.1. The van der Waals surface area contributed by atoms with E-state index in [0.717, 1.165) is 29.9 Å². The average molecular weight is 229 g/mol. The lowest BCUT2D eigenvalue weighted by molar-refractivity contribution is 0.827. The van der Waals surface area contributed by atoms with Gasteiger partial charge in [0, 0.05) is 29.9 Å². The van der Waals surface area contributed by atoms with E-state index in [1.54, 1.807) is 6.20 Å². The summed E-state index contributed by atoms with van der Waals surface area (Å²) in [6.45, 7) is 3.98. The standard InChI is InChI=1S/C13H15N3O/c1-3-4-12-15-11(7-13(17)16-12)10-6-5-9(2)14-8-10/h5-8H,3-4H2,1-2H3,(H,15,16,17). The maximum absolute atomic E-state index is 11.5. The molecule has 2 aromatic rings. The van der Waals surface area contributed by atoms with E-state index in [-0.39, 0.29) is 5.56 Å². The fraction of sp³-hybridized carbons (Fsp3) is 0.308. The number of hydrogen-bond donors (Lipinski definition) is 1. The van der Waals surface area contributed by atoms with Crippen molar-refractivity contribution in [2.75, 3.05) is 0 Å². The van der Waals surface area contributed by atoms with Crippen LogP contribution in [0.15, 0.2) is 29.2 Å². The van der Waals surface area contributed by atoms with Crippen LogP contribution in [0.1, 0.15) is 24.9 Å². The molecule has 88 valence electrons. The van der Waals surface area contributed by atoms with Gasteiger partial charge in [-0.05, 0) is 25.5 Å². The van der Waals surface area contributed by atoms with Gasteiger partial charge in [-0.1, -0.05) is 6.92 Å². The Morgan fingerprint density at radius 1 is 1.35 bits per heavy atom. The van der Waals surface area contributed by atoms with E-state index in [0.29, 0.717) is 5.69 Å². The molecular weight excluding hydrogens is 214 g/mol. The van der Waals surface area contributed by atoms with Crippen LogP contribution in [0.3, 0.4) is 0 Å². The molecule has 4 nitrogen and oxygen atoms in total. The van der Waals surface area contributed by atoms with Crippen molar-refractivity contribution in [2.24, 2.45) is 0 Å². The van der Waals surface area contributed by atoms with Crippen molar-refractivity contribution in [3.05, 3.63) is 46.3 Å². The summed E-state index contributed by atoms with van der Waals surface area (Å²) in [6, 6.07) is 5.35. The van der Waals surface area contributed by atoms with Crippen molar-refractivity contribution in [3.63, 3.8) is 0 Å². The number of H-pyrrole nitrogens is 1. The molecule has 0 bridgehead atoms. The van der Waals surface area contributed by atoms with Gasteiger partial charge in [0.25, 0.3) is 5.56 Å². The maximum atomic E-state index is 11.5. The zero-order valence-corrected chi connectivity index (χ0v) is 10.0. The molecule has 4 heteroatoms. The third-order valence-electron chi connectivity index (χ3n) is 2.48. The van der Waals surface area contributed by atoms with Crippen LogP contribution in [0, 0.1) is 6.92 Å². The highest BCUT2D eigenvalue weighted by molar-refractivity contribution is 5.57. The third kappa shape index (κ3) is 2.78. The van der Waals surface area contributed by atoms with Gasteiger partial charge in [0.1, 0.15) is 5.82 Å². The van der Waals surface area contributed by atoms with Crippen LogP contribution in [0.25, 0.3) is 11.3 Å². The number of aryl methyl sites for hydroxylation is 2. The predicted octanol–water partition coefficient (Wildman–Crippen LogP) is 2.09. The van der Waals surface area contributed by atoms with Gasteiger partial charge in [0.2, 0.25) is 0 Å². The normalized spacial score (nSPS) is 10.5. The summed E-state index contributed by atoms with van der Waals surface area (Å²) in [5, 5.41) is 0. The lowest BCUT2D eigenvalue weighted by Crippen LogP contribution is -2.11. The van der Waals surface area contributed by atoms with Crippen molar-refractivity contribution in [2.45, 2.75) is 26.7 Å². The highest BCUT2D eigenvalue weighted by Gasteiger charge is 2.03. The molecule has 0 aliphatic heterocycles. The second kappa shape index (κ2) is 4.91. The highest BCUT2D eigenvalue weighted by Crippen LogP contribution is 2.14. The molecule has 0 radical (unpaired) electrons. The second-order valence-electron chi connectivity index (χ2n) is 4.02. The smallest absolute Gasteiger partial charge is 0.251 e. The molecule has 0 aromatic carbocycles. The maximum Gasteiger partial charge on any atom is 0.251 e. The van der Waals surface area contributed by atoms with Crippen LogP contribution in [0.2, 0.25) is 0 Å². The minimum absolute atomic E-state index is 0.112. The van der Waals surface area contributed by atoms with Crippen molar-refractivity contribution in [1.82, 2.24) is 15.0 Å². The van der Waals surface area contributed by atoms with Gasteiger partial charge < -0.3 is 4.98 Å². The van der Waals surface area contributed by atoms with Gasteiger partial charge in [0.05, 0.1) is 5.69 Å². The first-order chi connectivity index (χ1) is 8.19. The van der Waals surface area contributed by atoms with Gasteiger partial charge in [-0.3, -0.25) is 9.78 Å². The minimum atomic E-state index is -0.112. The van der Waals surface area contributed by atoms with Gasteiger partial charge in [-0.2, -0.15) is 0 Å². The topological polar surface area (TPSA) is 58.6 Å². The molecule has 2 heterocycles. The number of nitrogens with zero attached hydrogens (tertiary/aromatic N) is 2. The van der Waals surface area contributed by atoms with E-state index in [1.807, 2.05) is 19.1 Å². The van der Waals surface area contributed by atoms with E-state index in [4.69, 9.17) is 0 Å². The zero-order chi connectivity index (χ0) is 12.3. The monoisotopic (exact) mass is 229 g/mol. The lowest BCUT2D eigenvalue weighted by atomic mass is 10.2. The minimum Gasteiger partial charge on any atom is -0.311 e. The SMILES string of the molecule is CCCc1nc(-c2ccc(C)nc2)cc(=O)[nH]1. The molecule has 17 heavy (non-hydrogen) atoms. The van der Waals surface area contributed by atoms with Crippen LogP contribution >= 0.6 is 0 Å². The predicted molar refractivity (Wildman–Crippen MR) is 66.8 cm³/mol. The lowest BCUT2D eigenvalue weighted by Gasteiger charge is -2.03. The Hall–Kier alpha value is -1.97. The number of aromatic amines is 1. The summed E-state index contributed by atoms with van der Waals surface area (Å²) < 4.78 is 0. The Kier molecular flexibility index (Phi) is 3.32. The number of nitrogens with one attached hydrogen (secondary N) is 1. The summed E-state index contributed by atoms with van der Waals surface area (Å²) in [6.07, 6.45) is 3.48. The van der Waals surface area contributed by atoms with E-state index in [2.05, 4.69) is 21.9 Å². The molecule has 0 saturated heterocycles. The van der Waals surface area contributed by atoms with Crippen LogP contribution in [-0.4, -0.2) is 15.0 Å². The summed E-state index contributed by atoms with van der Waals surface area (Å²) in [4.78, 5) is 22.9. The number of rotatable bonds is 3. The molecule has 0 aliphatic carbocycles. The Morgan fingerprint density at radius 2 is 2.18 bits per heavy atom. The molecule has 2 aromatic heterocycles. The molecule has 0 amide bonds. The van der Waals surface area contributed by atoms with Crippen molar-refractivity contribution < 1.29 is 0 Å². The van der Waals surface area contributed by atoms with Gasteiger partial charge in [-0.15, -0.1) is 0 Å². The van der Waals surface area contributed by atoms with Crippen molar-refractivity contribution >= 4 is 0 Å². The van der Waals surface area contributed by atoms with E-state index in [1.165, 1.54) is 6.07 Å². The summed E-state index contributed by atoms with van der Waals surface area (Å²) >= 11 is 0. The molecule has 1 N–H and O–H groups in total. The molecular formula is C13H15N3O. The first kappa shape index (κ1) is 11.5. The van der Waals surface area contributed by atoms with E-state index in [9.17, 15) is 4.79 Å². The Balaban J connectivity index is 2.44. The Labute approximate surface area is 99.8 Å². The first-order valence-electron chi connectivity index (χ1n) is 5.72.